The van der Waals surface area contributed by atoms with Gasteiger partial charge in [0.1, 0.15) is 11.5 Å². The van der Waals surface area contributed by atoms with Crippen LogP contribution in [-0.2, 0) is 19.3 Å². The van der Waals surface area contributed by atoms with E-state index in [0.717, 1.165) is 36.0 Å². The third kappa shape index (κ3) is 1.69. The zero-order valence-electron chi connectivity index (χ0n) is 9.09. The van der Waals surface area contributed by atoms with Gasteiger partial charge in [0.05, 0.1) is 0 Å². The molecular weight excluding hydrogens is 176 g/mol. The number of rotatable bonds is 3. The molecule has 0 spiro atoms. The first-order valence-corrected chi connectivity index (χ1v) is 5.21. The molecule has 2 N–H and O–H groups in total. The van der Waals surface area contributed by atoms with Crippen LogP contribution in [0.25, 0.3) is 0 Å². The number of hydrogen-bond donors (Lipinski definition) is 2. The fourth-order valence-corrected chi connectivity index (χ4v) is 1.86. The Labute approximate surface area is 85.2 Å². The molecule has 0 fully saturated rings. The number of benzene rings is 1. The predicted molar refractivity (Wildman–Crippen MR) is 57.9 cm³/mol. The van der Waals surface area contributed by atoms with Crippen molar-refractivity contribution in [2.45, 2.75) is 40.0 Å². The first kappa shape index (κ1) is 10.9. The quantitative estimate of drug-likeness (QED) is 0.726. The molecule has 1 rings (SSSR count). The number of aryl methyl sites for hydroxylation is 1. The van der Waals surface area contributed by atoms with Crippen LogP contribution < -0.4 is 0 Å². The van der Waals surface area contributed by atoms with Gasteiger partial charge in [-0.2, -0.15) is 0 Å². The van der Waals surface area contributed by atoms with E-state index in [1.807, 2.05) is 20.8 Å². The lowest BCUT2D eigenvalue weighted by Gasteiger charge is -2.13. The first-order chi connectivity index (χ1) is 6.65. The molecular formula is C12H18O2. The Morgan fingerprint density at radius 3 is 1.93 bits per heavy atom. The minimum atomic E-state index is 0.319. The highest BCUT2D eigenvalue weighted by atomic mass is 16.3. The summed E-state index contributed by atoms with van der Waals surface area (Å²) in [5.41, 5.74) is 2.60. The highest BCUT2D eigenvalue weighted by Crippen LogP contribution is 2.33. The minimum Gasteiger partial charge on any atom is -0.508 e. The summed E-state index contributed by atoms with van der Waals surface area (Å²) >= 11 is 0. The second-order valence-corrected chi connectivity index (χ2v) is 3.42. The zero-order chi connectivity index (χ0) is 10.7. The minimum absolute atomic E-state index is 0.319. The van der Waals surface area contributed by atoms with Crippen molar-refractivity contribution in [1.82, 2.24) is 0 Å². The van der Waals surface area contributed by atoms with Crippen LogP contribution >= 0.6 is 0 Å². The molecule has 2 nitrogen and oxygen atoms in total. The van der Waals surface area contributed by atoms with Crippen LogP contribution in [0.2, 0.25) is 0 Å². The Balaban J connectivity index is 3.40. The summed E-state index contributed by atoms with van der Waals surface area (Å²) in [5.74, 6) is 0.684. The fourth-order valence-electron chi connectivity index (χ4n) is 1.86. The van der Waals surface area contributed by atoms with E-state index in [1.54, 1.807) is 6.07 Å². The van der Waals surface area contributed by atoms with Gasteiger partial charge in [0.2, 0.25) is 0 Å². The zero-order valence-corrected chi connectivity index (χ0v) is 9.09. The lowest BCUT2D eigenvalue weighted by atomic mass is 9.96. The Morgan fingerprint density at radius 1 is 0.929 bits per heavy atom. The fraction of sp³-hybridized carbons (Fsp3) is 0.500. The third-order valence-electron chi connectivity index (χ3n) is 2.66. The molecule has 14 heavy (non-hydrogen) atoms. The average Bonchev–Trinajstić information content (AvgIpc) is 2.20. The van der Waals surface area contributed by atoms with Crippen LogP contribution in [0, 0.1) is 0 Å². The summed E-state index contributed by atoms with van der Waals surface area (Å²) in [5, 5.41) is 19.7. The third-order valence-corrected chi connectivity index (χ3v) is 2.66. The molecule has 0 radical (unpaired) electrons. The topological polar surface area (TPSA) is 40.5 Å². The number of aromatic hydroxyl groups is 2. The van der Waals surface area contributed by atoms with Gasteiger partial charge in [-0.1, -0.05) is 20.8 Å². The van der Waals surface area contributed by atoms with Gasteiger partial charge in [-0.25, -0.2) is 0 Å². The molecule has 0 aromatic heterocycles. The lowest BCUT2D eigenvalue weighted by molar-refractivity contribution is 0.443. The van der Waals surface area contributed by atoms with E-state index in [2.05, 4.69) is 0 Å². The molecule has 0 atom stereocenters. The first-order valence-electron chi connectivity index (χ1n) is 5.21. The van der Waals surface area contributed by atoms with E-state index in [-0.39, 0.29) is 0 Å². The van der Waals surface area contributed by atoms with Crippen molar-refractivity contribution < 1.29 is 10.2 Å². The van der Waals surface area contributed by atoms with Crippen molar-refractivity contribution in [3.63, 3.8) is 0 Å². The molecule has 1 aromatic rings. The van der Waals surface area contributed by atoms with Gasteiger partial charge < -0.3 is 10.2 Å². The van der Waals surface area contributed by atoms with Gasteiger partial charge in [-0.15, -0.1) is 0 Å². The summed E-state index contributed by atoms with van der Waals surface area (Å²) in [6, 6.07) is 1.67. The van der Waals surface area contributed by atoms with Gasteiger partial charge in [-0.3, -0.25) is 0 Å². The van der Waals surface area contributed by atoms with Gasteiger partial charge in [0, 0.05) is 11.1 Å². The highest BCUT2D eigenvalue weighted by Gasteiger charge is 2.13. The Bertz CT molecular complexity index is 330. The van der Waals surface area contributed by atoms with Gasteiger partial charge >= 0.3 is 0 Å². The molecule has 0 aliphatic rings. The molecule has 78 valence electrons. The van der Waals surface area contributed by atoms with Crippen LogP contribution in [0.15, 0.2) is 6.07 Å². The van der Waals surface area contributed by atoms with Gasteiger partial charge in [0.15, 0.2) is 0 Å². The van der Waals surface area contributed by atoms with E-state index >= 15 is 0 Å². The van der Waals surface area contributed by atoms with Crippen LogP contribution in [0.5, 0.6) is 11.5 Å². The normalized spacial score (nSPS) is 10.5. The van der Waals surface area contributed by atoms with Gasteiger partial charge in [-0.05, 0) is 30.9 Å². The van der Waals surface area contributed by atoms with Crippen molar-refractivity contribution in [2.75, 3.05) is 0 Å². The van der Waals surface area contributed by atoms with Crippen molar-refractivity contribution in [3.8, 4) is 11.5 Å². The number of phenolic OH excluding ortho intramolecular Hbond substituents is 2. The van der Waals surface area contributed by atoms with E-state index in [4.69, 9.17) is 0 Å². The highest BCUT2D eigenvalue weighted by molar-refractivity contribution is 5.52. The molecule has 0 saturated heterocycles. The molecule has 0 aliphatic carbocycles. The summed E-state index contributed by atoms with van der Waals surface area (Å²) in [6.45, 7) is 5.95. The smallest absolute Gasteiger partial charge is 0.122 e. The van der Waals surface area contributed by atoms with Crippen LogP contribution in [0.1, 0.15) is 37.5 Å². The summed E-state index contributed by atoms with van der Waals surface area (Å²) in [7, 11) is 0. The molecule has 0 heterocycles. The number of phenols is 2. The molecule has 2 heteroatoms. The molecule has 0 unspecified atom stereocenters. The Hall–Kier alpha value is -1.18. The van der Waals surface area contributed by atoms with Crippen molar-refractivity contribution in [3.05, 3.63) is 22.8 Å². The maximum atomic E-state index is 9.91. The largest absolute Gasteiger partial charge is 0.508 e. The molecule has 0 saturated carbocycles. The second kappa shape index (κ2) is 4.36. The van der Waals surface area contributed by atoms with E-state index in [1.165, 1.54) is 0 Å². The molecule has 0 aliphatic heterocycles. The van der Waals surface area contributed by atoms with Crippen LogP contribution in [0.3, 0.4) is 0 Å². The Kier molecular flexibility index (Phi) is 3.39. The SMILES string of the molecule is CCc1cc(O)c(CC)c(CC)c1O. The summed E-state index contributed by atoms with van der Waals surface area (Å²) in [6.07, 6.45) is 2.26. The van der Waals surface area contributed by atoms with Crippen molar-refractivity contribution in [2.24, 2.45) is 0 Å². The van der Waals surface area contributed by atoms with E-state index in [9.17, 15) is 10.2 Å². The van der Waals surface area contributed by atoms with Crippen LogP contribution in [-0.4, -0.2) is 10.2 Å². The molecule has 0 bridgehead atoms. The Morgan fingerprint density at radius 2 is 1.50 bits per heavy atom. The predicted octanol–water partition coefficient (Wildman–Crippen LogP) is 2.79. The number of hydrogen-bond acceptors (Lipinski definition) is 2. The molecule has 0 amide bonds. The maximum absolute atomic E-state index is 9.91. The average molecular weight is 194 g/mol. The van der Waals surface area contributed by atoms with E-state index < -0.39 is 0 Å². The van der Waals surface area contributed by atoms with E-state index in [0.29, 0.717) is 11.5 Å². The molecule has 1 aromatic carbocycles. The van der Waals surface area contributed by atoms with Crippen LogP contribution in [0.4, 0.5) is 0 Å². The van der Waals surface area contributed by atoms with Crippen molar-refractivity contribution >= 4 is 0 Å². The summed E-state index contributed by atoms with van der Waals surface area (Å²) < 4.78 is 0. The lowest BCUT2D eigenvalue weighted by Crippen LogP contribution is -1.96. The van der Waals surface area contributed by atoms with Gasteiger partial charge in [0.25, 0.3) is 0 Å². The summed E-state index contributed by atoms with van der Waals surface area (Å²) in [4.78, 5) is 0. The monoisotopic (exact) mass is 194 g/mol. The van der Waals surface area contributed by atoms with Crippen molar-refractivity contribution in [1.29, 1.82) is 0 Å². The maximum Gasteiger partial charge on any atom is 0.122 e. The second-order valence-electron chi connectivity index (χ2n) is 3.42. The standard InChI is InChI=1S/C12H18O2/c1-4-8-7-11(13)9(5-2)10(6-3)12(8)14/h7,13-14H,4-6H2,1-3H3.